The van der Waals surface area contributed by atoms with Crippen LogP contribution >= 0.6 is 0 Å². The van der Waals surface area contributed by atoms with E-state index in [0.29, 0.717) is 37.1 Å². The number of hydrogen-bond donors (Lipinski definition) is 1. The average Bonchev–Trinajstić information content (AvgIpc) is 2.53. The first kappa shape index (κ1) is 30.3. The second kappa shape index (κ2) is 19.4. The summed E-state index contributed by atoms with van der Waals surface area (Å²) >= 11 is 0. The van der Waals surface area contributed by atoms with E-state index in [1.54, 1.807) is 0 Å². The van der Waals surface area contributed by atoms with E-state index in [9.17, 15) is 14.4 Å². The van der Waals surface area contributed by atoms with E-state index in [4.69, 9.17) is 9.84 Å². The maximum atomic E-state index is 10.7. The summed E-state index contributed by atoms with van der Waals surface area (Å²) < 4.78 is 4.71. The number of carboxylic acids is 1. The van der Waals surface area contributed by atoms with E-state index in [2.05, 4.69) is 13.8 Å². The Morgan fingerprint density at radius 3 is 1.63 bits per heavy atom. The molecule has 0 rings (SSSR count). The molecule has 1 unspecified atom stereocenters. The zero-order chi connectivity index (χ0) is 22.0. The molecule has 0 saturated carbocycles. The smallest absolute Gasteiger partial charge is 0.306 e. The first-order chi connectivity index (χ1) is 12.4. The van der Waals surface area contributed by atoms with Crippen LogP contribution in [-0.2, 0) is 19.1 Å². The quantitative estimate of drug-likeness (QED) is 0.482. The minimum Gasteiger partial charge on any atom is -0.481 e. The second-order valence-electron chi connectivity index (χ2n) is 7.82. The van der Waals surface area contributed by atoms with Crippen molar-refractivity contribution >= 4 is 17.7 Å². The van der Waals surface area contributed by atoms with Crippen LogP contribution in [0.5, 0.6) is 0 Å². The molecule has 0 amide bonds. The molecule has 0 aliphatic carbocycles. The predicted octanol–water partition coefficient (Wildman–Crippen LogP) is 5.75. The Labute approximate surface area is 167 Å². The maximum Gasteiger partial charge on any atom is 0.306 e. The Morgan fingerprint density at radius 1 is 0.889 bits per heavy atom. The molecule has 5 heteroatoms. The summed E-state index contributed by atoms with van der Waals surface area (Å²) in [5.41, 5.74) is 0. The number of ketones is 1. The van der Waals surface area contributed by atoms with Crippen molar-refractivity contribution in [2.24, 2.45) is 23.7 Å². The molecule has 1 atom stereocenters. The van der Waals surface area contributed by atoms with Crippen LogP contribution in [-0.4, -0.2) is 29.4 Å². The van der Waals surface area contributed by atoms with Gasteiger partial charge in [0.1, 0.15) is 5.78 Å². The molecule has 0 heterocycles. The summed E-state index contributed by atoms with van der Waals surface area (Å²) in [5.74, 6) is 0.797. The van der Waals surface area contributed by atoms with Crippen molar-refractivity contribution in [1.29, 1.82) is 0 Å². The molecular formula is C22H44O5. The lowest BCUT2D eigenvalue weighted by atomic mass is 9.94. The molecular weight excluding hydrogens is 344 g/mol. The van der Waals surface area contributed by atoms with Gasteiger partial charge < -0.3 is 9.84 Å². The van der Waals surface area contributed by atoms with E-state index in [1.165, 1.54) is 0 Å². The third-order valence-corrected chi connectivity index (χ3v) is 3.84. The lowest BCUT2D eigenvalue weighted by Gasteiger charge is -2.12. The van der Waals surface area contributed by atoms with Crippen molar-refractivity contribution < 1.29 is 24.2 Å². The molecule has 0 radical (unpaired) electrons. The van der Waals surface area contributed by atoms with Gasteiger partial charge in [0, 0.05) is 19.3 Å². The number of aliphatic carboxylic acids is 1. The number of Topliss-reactive ketones (excluding diaryl/α,β-unsaturated/α-hetero) is 1. The zero-order valence-corrected chi connectivity index (χ0v) is 19.1. The van der Waals surface area contributed by atoms with Crippen molar-refractivity contribution in [2.75, 3.05) is 6.61 Å². The van der Waals surface area contributed by atoms with Gasteiger partial charge in [-0.3, -0.25) is 14.4 Å². The molecule has 27 heavy (non-hydrogen) atoms. The third-order valence-electron chi connectivity index (χ3n) is 3.84. The van der Waals surface area contributed by atoms with E-state index < -0.39 is 5.97 Å². The summed E-state index contributed by atoms with van der Waals surface area (Å²) in [6.07, 6.45) is 3.79. The summed E-state index contributed by atoms with van der Waals surface area (Å²) in [6.45, 7) is 18.3. The van der Waals surface area contributed by atoms with E-state index >= 15 is 0 Å². The molecule has 0 saturated heterocycles. The van der Waals surface area contributed by atoms with E-state index in [-0.39, 0.29) is 17.8 Å². The first-order valence-electron chi connectivity index (χ1n) is 10.3. The fraction of sp³-hybridized carbons (Fsp3) is 0.864. The normalized spacial score (nSPS) is 11.3. The van der Waals surface area contributed by atoms with Gasteiger partial charge in [0.05, 0.1) is 12.5 Å². The van der Waals surface area contributed by atoms with Gasteiger partial charge >= 0.3 is 11.9 Å². The van der Waals surface area contributed by atoms with Gasteiger partial charge in [-0.1, -0.05) is 55.4 Å². The van der Waals surface area contributed by atoms with Gasteiger partial charge in [-0.05, 0) is 37.5 Å². The number of rotatable bonds is 10. The first-order valence-corrected chi connectivity index (χ1v) is 10.3. The molecule has 0 spiro atoms. The van der Waals surface area contributed by atoms with Crippen LogP contribution in [0.15, 0.2) is 0 Å². The molecule has 0 bridgehead atoms. The number of ether oxygens (including phenoxy) is 1. The number of esters is 1. The van der Waals surface area contributed by atoms with Crippen LogP contribution < -0.4 is 0 Å². The minimum absolute atomic E-state index is 0.0903. The van der Waals surface area contributed by atoms with Gasteiger partial charge in [-0.15, -0.1) is 0 Å². The number of carbonyl (C=O) groups is 3. The van der Waals surface area contributed by atoms with Gasteiger partial charge in [0.25, 0.3) is 0 Å². The molecule has 0 aliphatic heterocycles. The number of carboxylic acid groups (broad SMARTS) is 1. The maximum absolute atomic E-state index is 10.7. The fourth-order valence-corrected chi connectivity index (χ4v) is 2.11. The van der Waals surface area contributed by atoms with Crippen LogP contribution in [0, 0.1) is 23.7 Å². The van der Waals surface area contributed by atoms with Crippen molar-refractivity contribution in [2.45, 2.75) is 94.4 Å². The highest BCUT2D eigenvalue weighted by atomic mass is 16.5. The fourth-order valence-electron chi connectivity index (χ4n) is 2.11. The number of carbonyl (C=O) groups excluding carboxylic acids is 2. The molecule has 0 aliphatic rings. The Balaban J connectivity index is -0.000000320. The van der Waals surface area contributed by atoms with Gasteiger partial charge in [-0.2, -0.15) is 0 Å². The Kier molecular flexibility index (Phi) is 21.8. The molecule has 0 aromatic carbocycles. The van der Waals surface area contributed by atoms with Gasteiger partial charge in [0.2, 0.25) is 0 Å². The van der Waals surface area contributed by atoms with Crippen LogP contribution in [0.1, 0.15) is 94.4 Å². The highest BCUT2D eigenvalue weighted by molar-refractivity contribution is 5.77. The second-order valence-corrected chi connectivity index (χ2v) is 7.82. The monoisotopic (exact) mass is 388 g/mol. The molecule has 5 nitrogen and oxygen atoms in total. The molecule has 0 aromatic rings. The predicted molar refractivity (Wildman–Crippen MR) is 112 cm³/mol. The SMILES string of the molecule is CCC(=O)CCC(C)C.CCC(C(=O)O)C(C)C.CCOC(=O)CC(C)C. The summed E-state index contributed by atoms with van der Waals surface area (Å²) in [6, 6.07) is 0. The highest BCUT2D eigenvalue weighted by Crippen LogP contribution is 2.13. The highest BCUT2D eigenvalue weighted by Gasteiger charge is 2.18. The number of hydrogen-bond acceptors (Lipinski definition) is 4. The van der Waals surface area contributed by atoms with Gasteiger partial charge in [-0.25, -0.2) is 0 Å². The van der Waals surface area contributed by atoms with E-state index in [0.717, 1.165) is 19.3 Å². The topological polar surface area (TPSA) is 80.7 Å². The standard InChI is InChI=1S/C8H16O.2C7H14O2/c1-4-8(9)6-5-7(2)3;1-4-9-7(8)5-6(2)3;1-4-6(5(2)3)7(8)9/h7H,4-6H2,1-3H3;6H,4-5H2,1-3H3;5-6H,4H2,1-3H3,(H,8,9). The van der Waals surface area contributed by atoms with Gasteiger partial charge in [0.15, 0.2) is 0 Å². The summed E-state index contributed by atoms with van der Waals surface area (Å²) in [7, 11) is 0. The Morgan fingerprint density at radius 2 is 1.41 bits per heavy atom. The van der Waals surface area contributed by atoms with Crippen LogP contribution in [0.3, 0.4) is 0 Å². The average molecular weight is 389 g/mol. The van der Waals surface area contributed by atoms with Crippen molar-refractivity contribution in [3.63, 3.8) is 0 Å². The lowest BCUT2D eigenvalue weighted by Crippen LogP contribution is -2.18. The van der Waals surface area contributed by atoms with Crippen LogP contribution in [0.4, 0.5) is 0 Å². The molecule has 0 aromatic heterocycles. The summed E-state index contributed by atoms with van der Waals surface area (Å²) in [4.78, 5) is 31.7. The molecule has 1 N–H and O–H groups in total. The lowest BCUT2D eigenvalue weighted by molar-refractivity contribution is -0.144. The summed E-state index contributed by atoms with van der Waals surface area (Å²) in [5, 5.41) is 8.54. The van der Waals surface area contributed by atoms with E-state index in [1.807, 2.05) is 48.5 Å². The van der Waals surface area contributed by atoms with Crippen LogP contribution in [0.25, 0.3) is 0 Å². The third kappa shape index (κ3) is 24.6. The van der Waals surface area contributed by atoms with Crippen molar-refractivity contribution in [3.05, 3.63) is 0 Å². The zero-order valence-electron chi connectivity index (χ0n) is 19.1. The Hall–Kier alpha value is -1.39. The van der Waals surface area contributed by atoms with Crippen molar-refractivity contribution in [1.82, 2.24) is 0 Å². The molecule has 162 valence electrons. The molecule has 0 fully saturated rings. The minimum atomic E-state index is -0.674. The Bertz CT molecular complexity index is 384. The van der Waals surface area contributed by atoms with Crippen LogP contribution in [0.2, 0.25) is 0 Å². The van der Waals surface area contributed by atoms with Crippen molar-refractivity contribution in [3.8, 4) is 0 Å². The largest absolute Gasteiger partial charge is 0.481 e.